The fourth-order valence-electron chi connectivity index (χ4n) is 2.01. The van der Waals surface area contributed by atoms with Crippen LogP contribution in [0.4, 0.5) is 10.1 Å². The first-order valence-corrected chi connectivity index (χ1v) is 6.14. The third kappa shape index (κ3) is 2.51. The van der Waals surface area contributed by atoms with Crippen LogP contribution in [0, 0.1) is 5.82 Å². The summed E-state index contributed by atoms with van der Waals surface area (Å²) in [6.07, 6.45) is 4.16. The Kier molecular flexibility index (Phi) is 3.19. The van der Waals surface area contributed by atoms with E-state index < -0.39 is 11.7 Å². The van der Waals surface area contributed by atoms with Crippen LogP contribution in [0.25, 0.3) is 10.9 Å². The van der Waals surface area contributed by atoms with Crippen LogP contribution < -0.4 is 5.32 Å². The van der Waals surface area contributed by atoms with E-state index in [2.05, 4.69) is 15.3 Å². The number of hydrogen-bond donors (Lipinski definition) is 2. The fourth-order valence-corrected chi connectivity index (χ4v) is 2.01. The lowest BCUT2D eigenvalue weighted by molar-refractivity contribution is 0.102. The Morgan fingerprint density at radius 1 is 1.24 bits per heavy atom. The van der Waals surface area contributed by atoms with Crippen molar-refractivity contribution >= 4 is 22.5 Å². The van der Waals surface area contributed by atoms with Crippen molar-refractivity contribution < 1.29 is 14.3 Å². The van der Waals surface area contributed by atoms with Crippen molar-refractivity contribution in [3.8, 4) is 5.75 Å². The van der Waals surface area contributed by atoms with Gasteiger partial charge in [-0.1, -0.05) is 6.07 Å². The smallest absolute Gasteiger partial charge is 0.258 e. The predicted molar refractivity (Wildman–Crippen MR) is 75.6 cm³/mol. The monoisotopic (exact) mass is 283 g/mol. The maximum atomic E-state index is 13.6. The van der Waals surface area contributed by atoms with E-state index in [1.807, 2.05) is 0 Å². The molecule has 104 valence electrons. The number of aromatic nitrogens is 2. The molecule has 0 aliphatic heterocycles. The molecule has 2 N–H and O–H groups in total. The molecule has 5 nitrogen and oxygen atoms in total. The SMILES string of the molecule is O=C(Nc1ccncc1O)c1cc(F)cc2cccnc12. The van der Waals surface area contributed by atoms with Gasteiger partial charge in [0.1, 0.15) is 5.82 Å². The van der Waals surface area contributed by atoms with Crippen molar-refractivity contribution in [1.29, 1.82) is 0 Å². The number of amides is 1. The largest absolute Gasteiger partial charge is 0.504 e. The summed E-state index contributed by atoms with van der Waals surface area (Å²) in [7, 11) is 0. The summed E-state index contributed by atoms with van der Waals surface area (Å²) in [5, 5.41) is 12.6. The van der Waals surface area contributed by atoms with Crippen LogP contribution in [-0.2, 0) is 0 Å². The molecule has 3 aromatic rings. The van der Waals surface area contributed by atoms with Gasteiger partial charge < -0.3 is 10.4 Å². The van der Waals surface area contributed by atoms with Crippen LogP contribution in [0.15, 0.2) is 48.9 Å². The van der Waals surface area contributed by atoms with Crippen LogP contribution >= 0.6 is 0 Å². The van der Waals surface area contributed by atoms with E-state index in [1.54, 1.807) is 12.1 Å². The lowest BCUT2D eigenvalue weighted by atomic mass is 10.1. The third-order valence-corrected chi connectivity index (χ3v) is 2.96. The van der Waals surface area contributed by atoms with Gasteiger partial charge in [0.05, 0.1) is 23.0 Å². The molecule has 0 fully saturated rings. The molecule has 0 spiro atoms. The van der Waals surface area contributed by atoms with Crippen molar-refractivity contribution in [1.82, 2.24) is 9.97 Å². The first-order chi connectivity index (χ1) is 10.1. The molecule has 0 radical (unpaired) electrons. The molecule has 2 heterocycles. The Bertz CT molecular complexity index is 836. The van der Waals surface area contributed by atoms with Gasteiger partial charge in [-0.2, -0.15) is 0 Å². The molecule has 0 atom stereocenters. The summed E-state index contributed by atoms with van der Waals surface area (Å²) in [6.45, 7) is 0. The second-order valence-corrected chi connectivity index (χ2v) is 4.38. The third-order valence-electron chi connectivity index (χ3n) is 2.96. The second-order valence-electron chi connectivity index (χ2n) is 4.38. The van der Waals surface area contributed by atoms with Crippen molar-refractivity contribution in [2.75, 3.05) is 5.32 Å². The highest BCUT2D eigenvalue weighted by Crippen LogP contribution is 2.23. The average molecular weight is 283 g/mol. The Morgan fingerprint density at radius 2 is 2.10 bits per heavy atom. The number of nitrogens with zero attached hydrogens (tertiary/aromatic N) is 2. The van der Waals surface area contributed by atoms with E-state index in [1.165, 1.54) is 30.7 Å². The molecule has 0 aliphatic rings. The Morgan fingerprint density at radius 3 is 2.90 bits per heavy atom. The van der Waals surface area contributed by atoms with Crippen LogP contribution in [0.1, 0.15) is 10.4 Å². The highest BCUT2D eigenvalue weighted by molar-refractivity contribution is 6.12. The first-order valence-electron chi connectivity index (χ1n) is 6.14. The van der Waals surface area contributed by atoms with Crippen molar-refractivity contribution in [2.45, 2.75) is 0 Å². The minimum atomic E-state index is -0.556. The number of rotatable bonds is 2. The predicted octanol–water partition coefficient (Wildman–Crippen LogP) is 2.73. The number of benzene rings is 1. The van der Waals surface area contributed by atoms with E-state index in [0.29, 0.717) is 10.9 Å². The summed E-state index contributed by atoms with van der Waals surface area (Å²) in [5.74, 6) is -1.25. The number of fused-ring (bicyclic) bond motifs is 1. The van der Waals surface area contributed by atoms with Gasteiger partial charge >= 0.3 is 0 Å². The van der Waals surface area contributed by atoms with Crippen LogP contribution in [0.3, 0.4) is 0 Å². The summed E-state index contributed by atoms with van der Waals surface area (Å²) in [5.41, 5.74) is 0.690. The normalized spacial score (nSPS) is 10.5. The molecule has 0 saturated carbocycles. The summed E-state index contributed by atoms with van der Waals surface area (Å²) >= 11 is 0. The molecule has 1 aromatic carbocycles. The lowest BCUT2D eigenvalue weighted by Gasteiger charge is -2.08. The van der Waals surface area contributed by atoms with Gasteiger partial charge in [-0.25, -0.2) is 4.39 Å². The zero-order valence-electron chi connectivity index (χ0n) is 10.7. The molecule has 1 amide bonds. The molecule has 2 aromatic heterocycles. The van der Waals surface area contributed by atoms with Crippen LogP contribution in [-0.4, -0.2) is 21.0 Å². The van der Waals surface area contributed by atoms with Gasteiger partial charge in [0.2, 0.25) is 0 Å². The molecular weight excluding hydrogens is 273 g/mol. The van der Waals surface area contributed by atoms with E-state index >= 15 is 0 Å². The van der Waals surface area contributed by atoms with Crippen LogP contribution in [0.5, 0.6) is 5.75 Å². The maximum absolute atomic E-state index is 13.6. The zero-order valence-corrected chi connectivity index (χ0v) is 10.7. The molecule has 3 rings (SSSR count). The van der Waals surface area contributed by atoms with Gasteiger partial charge in [-0.05, 0) is 24.3 Å². The number of carbonyl (C=O) groups is 1. The van der Waals surface area contributed by atoms with Crippen molar-refractivity contribution in [2.24, 2.45) is 0 Å². The first kappa shape index (κ1) is 13.0. The highest BCUT2D eigenvalue weighted by atomic mass is 19.1. The number of anilines is 1. The summed E-state index contributed by atoms with van der Waals surface area (Å²) in [4.78, 5) is 20.1. The van der Waals surface area contributed by atoms with E-state index in [4.69, 9.17) is 0 Å². The van der Waals surface area contributed by atoms with Gasteiger partial charge in [0.25, 0.3) is 5.91 Å². The quantitative estimate of drug-likeness (QED) is 0.758. The average Bonchev–Trinajstić information content (AvgIpc) is 2.48. The molecule has 0 bridgehead atoms. The summed E-state index contributed by atoms with van der Waals surface area (Å²) in [6, 6.07) is 7.21. The number of pyridine rings is 2. The maximum Gasteiger partial charge on any atom is 0.258 e. The molecule has 6 heteroatoms. The van der Waals surface area contributed by atoms with Crippen molar-refractivity contribution in [3.63, 3.8) is 0 Å². The van der Waals surface area contributed by atoms with E-state index in [0.717, 1.165) is 6.07 Å². The van der Waals surface area contributed by atoms with Gasteiger partial charge in [-0.15, -0.1) is 0 Å². The molecule has 0 unspecified atom stereocenters. The van der Waals surface area contributed by atoms with Gasteiger partial charge in [-0.3, -0.25) is 14.8 Å². The Labute approximate surface area is 119 Å². The Balaban J connectivity index is 2.04. The zero-order chi connectivity index (χ0) is 14.8. The molecule has 0 saturated heterocycles. The minimum Gasteiger partial charge on any atom is -0.504 e. The minimum absolute atomic E-state index is 0.0989. The fraction of sp³-hybridized carbons (Fsp3) is 0. The standard InChI is InChI=1S/C15H10FN3O2/c16-10-6-9-2-1-4-18-14(9)11(7-10)15(21)19-12-3-5-17-8-13(12)20/h1-8,20H,(H,17,19,21). The Hall–Kier alpha value is -3.02. The van der Waals surface area contributed by atoms with Crippen molar-refractivity contribution in [3.05, 3.63) is 60.3 Å². The highest BCUT2D eigenvalue weighted by Gasteiger charge is 2.14. The van der Waals surface area contributed by atoms with E-state index in [-0.39, 0.29) is 17.0 Å². The van der Waals surface area contributed by atoms with E-state index in [9.17, 15) is 14.3 Å². The molecule has 0 aliphatic carbocycles. The molecule has 21 heavy (non-hydrogen) atoms. The number of carbonyl (C=O) groups excluding carboxylic acids is 1. The van der Waals surface area contributed by atoms with Gasteiger partial charge in [0, 0.05) is 17.8 Å². The number of hydrogen-bond acceptors (Lipinski definition) is 4. The number of aromatic hydroxyl groups is 1. The molecular formula is C15H10FN3O2. The number of nitrogens with one attached hydrogen (secondary N) is 1. The second kappa shape index (κ2) is 5.16. The van der Waals surface area contributed by atoms with Gasteiger partial charge in [0.15, 0.2) is 5.75 Å². The summed E-state index contributed by atoms with van der Waals surface area (Å²) < 4.78 is 13.6. The number of halogens is 1. The topological polar surface area (TPSA) is 75.1 Å². The lowest BCUT2D eigenvalue weighted by Crippen LogP contribution is -2.13. The van der Waals surface area contributed by atoms with Crippen LogP contribution in [0.2, 0.25) is 0 Å².